The van der Waals surface area contributed by atoms with Crippen LogP contribution in [0.15, 0.2) is 28.7 Å². The molecule has 0 aliphatic rings. The Morgan fingerprint density at radius 2 is 1.94 bits per heavy atom. The summed E-state index contributed by atoms with van der Waals surface area (Å²) in [5, 5.41) is 0. The lowest BCUT2D eigenvalue weighted by Crippen LogP contribution is -2.16. The van der Waals surface area contributed by atoms with E-state index >= 15 is 0 Å². The molecule has 1 rings (SSSR count). The predicted molar refractivity (Wildman–Crippen MR) is 68.4 cm³/mol. The fourth-order valence-electron chi connectivity index (χ4n) is 1.41. The number of rotatable bonds is 7. The molecule has 90 valence electrons. The summed E-state index contributed by atoms with van der Waals surface area (Å²) in [7, 11) is 1.69. The summed E-state index contributed by atoms with van der Waals surface area (Å²) in [4.78, 5) is 0. The van der Waals surface area contributed by atoms with Crippen LogP contribution in [-0.4, -0.2) is 26.9 Å². The van der Waals surface area contributed by atoms with Gasteiger partial charge in [0.1, 0.15) is 0 Å². The Hall–Kier alpha value is -0.420. The smallest absolute Gasteiger partial charge is 0.0947 e. The first-order valence-corrected chi connectivity index (χ1v) is 6.13. The van der Waals surface area contributed by atoms with Crippen molar-refractivity contribution in [1.29, 1.82) is 0 Å². The molecule has 1 aromatic rings. The van der Waals surface area contributed by atoms with Gasteiger partial charge in [-0.05, 0) is 24.1 Å². The summed E-state index contributed by atoms with van der Waals surface area (Å²) in [5.41, 5.74) is 6.80. The van der Waals surface area contributed by atoms with E-state index in [1.54, 1.807) is 7.11 Å². The van der Waals surface area contributed by atoms with Crippen LogP contribution in [0.1, 0.15) is 18.1 Å². The molecule has 0 fully saturated rings. The normalized spacial score (nSPS) is 12.7. The Morgan fingerprint density at radius 1 is 1.25 bits per heavy atom. The molecule has 1 aromatic carbocycles. The summed E-state index contributed by atoms with van der Waals surface area (Å²) in [6.07, 6.45) is 0.869. The highest BCUT2D eigenvalue weighted by molar-refractivity contribution is 9.10. The van der Waals surface area contributed by atoms with Gasteiger partial charge >= 0.3 is 0 Å². The van der Waals surface area contributed by atoms with Crippen LogP contribution in [0.5, 0.6) is 0 Å². The molecule has 0 radical (unpaired) electrons. The molecule has 1 atom stereocenters. The number of halogens is 1. The van der Waals surface area contributed by atoms with Crippen molar-refractivity contribution < 1.29 is 9.47 Å². The molecule has 0 saturated carbocycles. The van der Waals surface area contributed by atoms with Crippen LogP contribution in [0.3, 0.4) is 0 Å². The maximum atomic E-state index is 5.70. The van der Waals surface area contributed by atoms with E-state index in [1.807, 2.05) is 24.3 Å². The summed E-state index contributed by atoms with van der Waals surface area (Å²) < 4.78 is 11.7. The third-order valence-electron chi connectivity index (χ3n) is 2.27. The molecular formula is C12H18BrNO2. The Labute approximate surface area is 105 Å². The van der Waals surface area contributed by atoms with Gasteiger partial charge in [-0.15, -0.1) is 0 Å². The van der Waals surface area contributed by atoms with Gasteiger partial charge < -0.3 is 15.2 Å². The number of benzene rings is 1. The van der Waals surface area contributed by atoms with Gasteiger partial charge in [0.25, 0.3) is 0 Å². The van der Waals surface area contributed by atoms with E-state index in [4.69, 9.17) is 15.2 Å². The minimum atomic E-state index is -0.0232. The van der Waals surface area contributed by atoms with E-state index in [1.165, 1.54) is 0 Å². The molecule has 16 heavy (non-hydrogen) atoms. The maximum absolute atomic E-state index is 5.70. The topological polar surface area (TPSA) is 44.5 Å². The number of nitrogens with two attached hydrogens (primary N) is 1. The van der Waals surface area contributed by atoms with Crippen molar-refractivity contribution in [3.63, 3.8) is 0 Å². The minimum absolute atomic E-state index is 0.0232. The number of hydrogen-bond acceptors (Lipinski definition) is 3. The lowest BCUT2D eigenvalue weighted by molar-refractivity contribution is 0.0439. The van der Waals surface area contributed by atoms with Gasteiger partial charge in [-0.3, -0.25) is 0 Å². The molecule has 0 aromatic heterocycles. The van der Waals surface area contributed by atoms with Crippen LogP contribution in [0.4, 0.5) is 0 Å². The molecule has 0 amide bonds. The fraction of sp³-hybridized carbons (Fsp3) is 0.500. The van der Waals surface area contributed by atoms with E-state index in [9.17, 15) is 0 Å². The van der Waals surface area contributed by atoms with Gasteiger partial charge in [0.15, 0.2) is 0 Å². The van der Waals surface area contributed by atoms with Crippen molar-refractivity contribution in [2.75, 3.05) is 26.9 Å². The number of hydrogen-bond donors (Lipinski definition) is 1. The highest BCUT2D eigenvalue weighted by Crippen LogP contribution is 2.19. The molecule has 0 heterocycles. The Bertz CT molecular complexity index is 290. The first-order valence-electron chi connectivity index (χ1n) is 5.34. The van der Waals surface area contributed by atoms with Gasteiger partial charge in [-0.2, -0.15) is 0 Å². The van der Waals surface area contributed by atoms with E-state index in [0.29, 0.717) is 13.2 Å². The zero-order chi connectivity index (χ0) is 11.8. The molecule has 3 nitrogen and oxygen atoms in total. The van der Waals surface area contributed by atoms with Crippen LogP contribution >= 0.6 is 15.9 Å². The largest absolute Gasteiger partial charge is 0.385 e. The van der Waals surface area contributed by atoms with Crippen molar-refractivity contribution in [2.24, 2.45) is 5.73 Å². The van der Waals surface area contributed by atoms with Crippen molar-refractivity contribution >= 4 is 15.9 Å². The molecule has 2 N–H and O–H groups in total. The molecule has 0 spiro atoms. The van der Waals surface area contributed by atoms with Crippen molar-refractivity contribution in [1.82, 2.24) is 0 Å². The van der Waals surface area contributed by atoms with Crippen LogP contribution < -0.4 is 5.73 Å². The third-order valence-corrected chi connectivity index (χ3v) is 2.80. The average Bonchev–Trinajstić information content (AvgIpc) is 2.31. The lowest BCUT2D eigenvalue weighted by atomic mass is 10.1. The summed E-state index contributed by atoms with van der Waals surface area (Å²) in [5.74, 6) is 0. The second kappa shape index (κ2) is 7.79. The van der Waals surface area contributed by atoms with Crippen LogP contribution in [0, 0.1) is 0 Å². The predicted octanol–water partition coefficient (Wildman–Crippen LogP) is 2.50. The standard InChI is InChI=1S/C12H18BrNO2/c1-15-7-2-8-16-12(9-14)10-3-5-11(13)6-4-10/h3-6,12H,2,7-9,14H2,1H3. The lowest BCUT2D eigenvalue weighted by Gasteiger charge is -2.16. The Morgan fingerprint density at radius 3 is 2.50 bits per heavy atom. The highest BCUT2D eigenvalue weighted by Gasteiger charge is 2.09. The van der Waals surface area contributed by atoms with E-state index in [2.05, 4.69) is 15.9 Å². The Balaban J connectivity index is 2.44. The maximum Gasteiger partial charge on any atom is 0.0947 e. The molecule has 0 saturated heterocycles. The van der Waals surface area contributed by atoms with Gasteiger partial charge in [0.05, 0.1) is 6.10 Å². The van der Waals surface area contributed by atoms with Crippen LogP contribution in [0.2, 0.25) is 0 Å². The van der Waals surface area contributed by atoms with Gasteiger partial charge in [-0.1, -0.05) is 28.1 Å². The van der Waals surface area contributed by atoms with E-state index in [-0.39, 0.29) is 6.10 Å². The quantitative estimate of drug-likeness (QED) is 0.784. The SMILES string of the molecule is COCCCOC(CN)c1ccc(Br)cc1. The fourth-order valence-corrected chi connectivity index (χ4v) is 1.67. The van der Waals surface area contributed by atoms with Crippen LogP contribution in [0.25, 0.3) is 0 Å². The highest BCUT2D eigenvalue weighted by atomic mass is 79.9. The molecule has 0 bridgehead atoms. The average molecular weight is 288 g/mol. The van der Waals surface area contributed by atoms with Gasteiger partial charge in [0.2, 0.25) is 0 Å². The molecule has 0 aliphatic carbocycles. The van der Waals surface area contributed by atoms with Crippen molar-refractivity contribution in [3.05, 3.63) is 34.3 Å². The van der Waals surface area contributed by atoms with E-state index in [0.717, 1.165) is 23.1 Å². The first-order chi connectivity index (χ1) is 7.77. The molecule has 1 unspecified atom stereocenters. The van der Waals surface area contributed by atoms with Crippen molar-refractivity contribution in [2.45, 2.75) is 12.5 Å². The minimum Gasteiger partial charge on any atom is -0.385 e. The Kier molecular flexibility index (Phi) is 6.64. The van der Waals surface area contributed by atoms with Crippen molar-refractivity contribution in [3.8, 4) is 0 Å². The summed E-state index contributed by atoms with van der Waals surface area (Å²) in [6, 6.07) is 8.04. The second-order valence-corrected chi connectivity index (χ2v) is 4.41. The van der Waals surface area contributed by atoms with Crippen LogP contribution in [-0.2, 0) is 9.47 Å². The number of methoxy groups -OCH3 is 1. The van der Waals surface area contributed by atoms with Gasteiger partial charge in [-0.25, -0.2) is 0 Å². The number of ether oxygens (including phenoxy) is 2. The van der Waals surface area contributed by atoms with Gasteiger partial charge in [0, 0.05) is 31.3 Å². The van der Waals surface area contributed by atoms with E-state index < -0.39 is 0 Å². The zero-order valence-corrected chi connectivity index (χ0v) is 11.1. The monoisotopic (exact) mass is 287 g/mol. The zero-order valence-electron chi connectivity index (χ0n) is 9.49. The molecular weight excluding hydrogens is 270 g/mol. The molecule has 0 aliphatic heterocycles. The summed E-state index contributed by atoms with van der Waals surface area (Å²) >= 11 is 3.40. The first kappa shape index (κ1) is 13.6. The summed E-state index contributed by atoms with van der Waals surface area (Å²) in [6.45, 7) is 1.89. The third kappa shape index (κ3) is 4.61. The second-order valence-electron chi connectivity index (χ2n) is 3.49. The molecule has 4 heteroatoms.